The lowest BCUT2D eigenvalue weighted by Gasteiger charge is -2.40. The minimum Gasteiger partial charge on any atom is -0.456 e. The van der Waals surface area contributed by atoms with Gasteiger partial charge in [0.05, 0.1) is 18.5 Å². The van der Waals surface area contributed by atoms with E-state index in [1.807, 2.05) is 23.5 Å². The van der Waals surface area contributed by atoms with E-state index in [2.05, 4.69) is 155 Å². The average Bonchev–Trinajstić information content (AvgIpc) is 3.89. The Hall–Kier alpha value is -5.76. The summed E-state index contributed by atoms with van der Waals surface area (Å²) in [6.45, 7) is 0. The molecular weight excluding hydrogens is 647 g/mol. The third-order valence-electron chi connectivity index (χ3n) is 10.4. The van der Waals surface area contributed by atoms with E-state index in [1.165, 1.54) is 31.3 Å². The second-order valence-electron chi connectivity index (χ2n) is 13.3. The molecule has 0 bridgehead atoms. The van der Waals surface area contributed by atoms with Crippen LogP contribution < -0.4 is 16.0 Å². The van der Waals surface area contributed by atoms with E-state index >= 15 is 0 Å². The summed E-state index contributed by atoms with van der Waals surface area (Å²) >= 11 is 1.85. The summed E-state index contributed by atoms with van der Waals surface area (Å²) in [7, 11) is 0. The molecule has 3 N–H and O–H groups in total. The van der Waals surface area contributed by atoms with E-state index in [1.54, 1.807) is 0 Å². The molecule has 5 nitrogen and oxygen atoms in total. The second-order valence-corrected chi connectivity index (χ2v) is 14.4. The van der Waals surface area contributed by atoms with Crippen LogP contribution >= 0.6 is 11.3 Å². The molecular formula is C45H31N3O2S. The first-order valence-electron chi connectivity index (χ1n) is 17.4. The molecule has 4 heterocycles. The van der Waals surface area contributed by atoms with E-state index in [4.69, 9.17) is 8.83 Å². The lowest BCUT2D eigenvalue weighted by molar-refractivity contribution is 0.204. The molecule has 1 saturated heterocycles. The van der Waals surface area contributed by atoms with Crippen molar-refractivity contribution in [3.8, 4) is 11.1 Å². The van der Waals surface area contributed by atoms with Crippen LogP contribution in [-0.2, 0) is 0 Å². The van der Waals surface area contributed by atoms with E-state index in [9.17, 15) is 0 Å². The van der Waals surface area contributed by atoms with Gasteiger partial charge in [0.25, 0.3) is 0 Å². The number of hydrogen-bond acceptors (Lipinski definition) is 6. The van der Waals surface area contributed by atoms with Crippen LogP contribution in [0, 0.1) is 0 Å². The molecule has 11 rings (SSSR count). The Kier molecular flexibility index (Phi) is 6.48. The van der Waals surface area contributed by atoms with Crippen LogP contribution in [0.1, 0.15) is 35.2 Å². The van der Waals surface area contributed by atoms with Gasteiger partial charge >= 0.3 is 0 Å². The Labute approximate surface area is 297 Å². The normalized spacial score (nSPS) is 18.2. The van der Waals surface area contributed by atoms with Crippen molar-refractivity contribution < 1.29 is 8.83 Å². The Morgan fingerprint density at radius 3 is 2.00 bits per heavy atom. The molecule has 7 aromatic carbocycles. The highest BCUT2D eigenvalue weighted by Gasteiger charge is 2.31. The summed E-state index contributed by atoms with van der Waals surface area (Å²) in [5.41, 5.74) is 9.21. The summed E-state index contributed by atoms with van der Waals surface area (Å²) in [6, 6.07) is 53.6. The van der Waals surface area contributed by atoms with Crippen molar-refractivity contribution in [3.05, 3.63) is 168 Å². The Morgan fingerprint density at radius 1 is 0.412 bits per heavy atom. The number of rotatable bonds is 4. The monoisotopic (exact) mass is 677 g/mol. The van der Waals surface area contributed by atoms with Crippen molar-refractivity contribution in [2.45, 2.75) is 18.5 Å². The third kappa shape index (κ3) is 4.58. The lowest BCUT2D eigenvalue weighted by Crippen LogP contribution is -2.54. The minimum absolute atomic E-state index is 0.0827. The van der Waals surface area contributed by atoms with Crippen LogP contribution in [0.25, 0.3) is 75.2 Å². The van der Waals surface area contributed by atoms with Crippen molar-refractivity contribution in [2.24, 2.45) is 0 Å². The summed E-state index contributed by atoms with van der Waals surface area (Å²) in [5.74, 6) is 0. The van der Waals surface area contributed by atoms with E-state index in [0.29, 0.717) is 0 Å². The van der Waals surface area contributed by atoms with Gasteiger partial charge < -0.3 is 8.83 Å². The average molecular weight is 678 g/mol. The largest absolute Gasteiger partial charge is 0.456 e. The van der Waals surface area contributed by atoms with Gasteiger partial charge in [-0.25, -0.2) is 0 Å². The quantitative estimate of drug-likeness (QED) is 0.173. The van der Waals surface area contributed by atoms with Crippen LogP contribution in [0.15, 0.2) is 160 Å². The summed E-state index contributed by atoms with van der Waals surface area (Å²) in [4.78, 5) is 0. The highest BCUT2D eigenvalue weighted by atomic mass is 32.1. The smallest absolute Gasteiger partial charge is 0.143 e. The number of nitrogens with one attached hydrogen (secondary N) is 3. The van der Waals surface area contributed by atoms with Gasteiger partial charge in [0.2, 0.25) is 0 Å². The molecule has 6 heteroatoms. The molecule has 0 saturated carbocycles. The molecule has 3 unspecified atom stereocenters. The molecule has 3 aromatic heterocycles. The van der Waals surface area contributed by atoms with Crippen LogP contribution in [0.4, 0.5) is 0 Å². The van der Waals surface area contributed by atoms with E-state index < -0.39 is 0 Å². The van der Waals surface area contributed by atoms with E-state index in [0.717, 1.165) is 60.6 Å². The van der Waals surface area contributed by atoms with E-state index in [-0.39, 0.29) is 18.5 Å². The second kappa shape index (κ2) is 11.4. The maximum Gasteiger partial charge on any atom is 0.143 e. The minimum atomic E-state index is -0.151. The molecule has 3 atom stereocenters. The number of fused-ring (bicyclic) bond motifs is 9. The summed E-state index contributed by atoms with van der Waals surface area (Å²) in [6.07, 6.45) is -0.344. The Bertz CT molecular complexity index is 2940. The van der Waals surface area contributed by atoms with Crippen molar-refractivity contribution >= 4 is 75.4 Å². The van der Waals surface area contributed by atoms with Crippen LogP contribution in [0.5, 0.6) is 0 Å². The van der Waals surface area contributed by atoms with Crippen LogP contribution in [-0.4, -0.2) is 0 Å². The highest BCUT2D eigenvalue weighted by molar-refractivity contribution is 7.25. The molecule has 0 aliphatic carbocycles. The number of benzene rings is 7. The SMILES string of the molecule is c1ccc(C2NC(c3ccc4oc5cccc(-c6cccc7c6oc6ccccc67)c5c4c3)NC(c3cccc4sc5ccccc5c34)N2)cc1. The van der Waals surface area contributed by atoms with Gasteiger partial charge in [0.1, 0.15) is 22.3 Å². The van der Waals surface area contributed by atoms with Crippen LogP contribution in [0.3, 0.4) is 0 Å². The van der Waals surface area contributed by atoms with Gasteiger partial charge in [0.15, 0.2) is 0 Å². The van der Waals surface area contributed by atoms with Crippen molar-refractivity contribution in [2.75, 3.05) is 0 Å². The fourth-order valence-corrected chi connectivity index (χ4v) is 9.24. The Balaban J connectivity index is 1.07. The number of thiophene rings is 1. The first-order valence-corrected chi connectivity index (χ1v) is 18.2. The predicted octanol–water partition coefficient (Wildman–Crippen LogP) is 11.7. The molecule has 244 valence electrons. The number of para-hydroxylation sites is 2. The standard InChI is InChI=1S/C45H31N3O2S/c1-2-11-26(12-3-1)43-46-44(48-45(47-43)33-18-10-22-39-41(33)32-14-5-7-21-38(32)51-39)27-23-24-36-34(25-27)40-29(15-9-20-37(40)49-36)31-17-8-16-30-28-13-4-6-19-35(28)50-42(30)31/h1-25,43-48H. The molecule has 0 radical (unpaired) electrons. The van der Waals surface area contributed by atoms with Gasteiger partial charge in [0, 0.05) is 47.3 Å². The lowest BCUT2D eigenvalue weighted by atomic mass is 9.96. The van der Waals surface area contributed by atoms with Crippen LogP contribution in [0.2, 0.25) is 0 Å². The molecule has 10 aromatic rings. The van der Waals surface area contributed by atoms with Gasteiger partial charge in [-0.05, 0) is 58.7 Å². The highest BCUT2D eigenvalue weighted by Crippen LogP contribution is 2.43. The van der Waals surface area contributed by atoms with Gasteiger partial charge in [-0.1, -0.05) is 115 Å². The van der Waals surface area contributed by atoms with Gasteiger partial charge in [-0.2, -0.15) is 0 Å². The Morgan fingerprint density at radius 2 is 1.08 bits per heavy atom. The molecule has 1 aliphatic rings. The third-order valence-corrected chi connectivity index (χ3v) is 11.6. The topological polar surface area (TPSA) is 62.4 Å². The fourth-order valence-electron chi connectivity index (χ4n) is 8.10. The maximum atomic E-state index is 6.51. The van der Waals surface area contributed by atoms with Gasteiger partial charge in [-0.15, -0.1) is 11.3 Å². The zero-order valence-corrected chi connectivity index (χ0v) is 28.2. The first-order chi connectivity index (χ1) is 25.3. The van der Waals surface area contributed by atoms with Crippen molar-refractivity contribution in [1.82, 2.24) is 16.0 Å². The van der Waals surface area contributed by atoms with Gasteiger partial charge in [-0.3, -0.25) is 16.0 Å². The molecule has 51 heavy (non-hydrogen) atoms. The molecule has 0 amide bonds. The summed E-state index contributed by atoms with van der Waals surface area (Å²) < 4.78 is 15.6. The predicted molar refractivity (Wildman–Crippen MR) is 210 cm³/mol. The maximum absolute atomic E-state index is 6.51. The molecule has 1 aliphatic heterocycles. The summed E-state index contributed by atoms with van der Waals surface area (Å²) in [5, 5.41) is 18.7. The van der Waals surface area contributed by atoms with Crippen molar-refractivity contribution in [3.63, 3.8) is 0 Å². The zero-order valence-electron chi connectivity index (χ0n) is 27.4. The number of furan rings is 2. The zero-order chi connectivity index (χ0) is 33.5. The fraction of sp³-hybridized carbons (Fsp3) is 0.0667. The molecule has 1 fully saturated rings. The molecule has 0 spiro atoms. The number of hydrogen-bond donors (Lipinski definition) is 3. The van der Waals surface area contributed by atoms with Crippen molar-refractivity contribution in [1.29, 1.82) is 0 Å². The first kappa shape index (κ1) is 29.0.